The molecular formula is C15H29N5O. The van der Waals surface area contributed by atoms with Crippen LogP contribution in [-0.4, -0.2) is 34.3 Å². The van der Waals surface area contributed by atoms with Gasteiger partial charge in [-0.05, 0) is 39.2 Å². The van der Waals surface area contributed by atoms with Crippen LogP contribution in [0.25, 0.3) is 0 Å². The predicted octanol–water partition coefficient (Wildman–Crippen LogP) is 1.61. The van der Waals surface area contributed by atoms with Crippen molar-refractivity contribution < 1.29 is 5.11 Å². The van der Waals surface area contributed by atoms with Gasteiger partial charge >= 0.3 is 0 Å². The Morgan fingerprint density at radius 1 is 1.24 bits per heavy atom. The number of aliphatic hydroxyl groups is 1. The minimum absolute atomic E-state index is 0.166. The summed E-state index contributed by atoms with van der Waals surface area (Å²) >= 11 is 0. The van der Waals surface area contributed by atoms with Gasteiger partial charge < -0.3 is 21.9 Å². The number of hydrogen-bond acceptors (Lipinski definition) is 6. The molecule has 0 saturated heterocycles. The molecule has 6 nitrogen and oxygen atoms in total. The molecule has 1 unspecified atom stereocenters. The third-order valence-corrected chi connectivity index (χ3v) is 3.59. The molecule has 1 aromatic rings. The number of rotatable bonds is 10. The molecule has 0 aliphatic rings. The van der Waals surface area contributed by atoms with Crippen LogP contribution in [0.4, 0.5) is 11.8 Å². The van der Waals surface area contributed by atoms with E-state index in [1.165, 1.54) is 0 Å². The average Bonchev–Trinajstić information content (AvgIpc) is 2.44. The number of aliphatic hydroxyl groups excluding tert-OH is 1. The zero-order valence-corrected chi connectivity index (χ0v) is 13.2. The van der Waals surface area contributed by atoms with Crippen molar-refractivity contribution in [3.05, 3.63) is 11.3 Å². The van der Waals surface area contributed by atoms with E-state index >= 15 is 0 Å². The number of unbranched alkanes of at least 4 members (excludes halogenated alkanes) is 1. The number of hydrogen-bond donors (Lipinski definition) is 4. The Balaban J connectivity index is 2.91. The molecule has 0 saturated carbocycles. The summed E-state index contributed by atoms with van der Waals surface area (Å²) in [5, 5.41) is 12.7. The van der Waals surface area contributed by atoms with Gasteiger partial charge in [-0.25, -0.2) is 4.98 Å². The van der Waals surface area contributed by atoms with E-state index in [1.807, 2.05) is 6.92 Å². The molecule has 1 aromatic heterocycles. The van der Waals surface area contributed by atoms with Gasteiger partial charge in [0.25, 0.3) is 0 Å². The summed E-state index contributed by atoms with van der Waals surface area (Å²) in [4.78, 5) is 8.59. The highest BCUT2D eigenvalue weighted by Gasteiger charge is 2.14. The van der Waals surface area contributed by atoms with Gasteiger partial charge in [0.15, 0.2) is 0 Å². The molecule has 0 amide bonds. The first-order valence-electron chi connectivity index (χ1n) is 7.82. The number of nitrogens with two attached hydrogens (primary N) is 2. The molecule has 0 aliphatic heterocycles. The largest absolute Gasteiger partial charge is 0.396 e. The second-order valence-corrected chi connectivity index (χ2v) is 5.38. The zero-order valence-electron chi connectivity index (χ0n) is 13.2. The molecule has 0 aromatic carbocycles. The first-order chi connectivity index (χ1) is 10.1. The van der Waals surface area contributed by atoms with Gasteiger partial charge in [0.2, 0.25) is 5.95 Å². The van der Waals surface area contributed by atoms with Crippen molar-refractivity contribution in [1.29, 1.82) is 0 Å². The minimum atomic E-state index is 0.166. The van der Waals surface area contributed by atoms with E-state index in [4.69, 9.17) is 11.5 Å². The maximum absolute atomic E-state index is 9.22. The summed E-state index contributed by atoms with van der Waals surface area (Å²) in [5.41, 5.74) is 13.4. The highest BCUT2D eigenvalue weighted by atomic mass is 16.3. The fourth-order valence-corrected chi connectivity index (χ4v) is 2.40. The molecule has 6 heteroatoms. The van der Waals surface area contributed by atoms with Gasteiger partial charge in [0, 0.05) is 23.9 Å². The second-order valence-electron chi connectivity index (χ2n) is 5.38. The molecule has 0 bridgehead atoms. The Morgan fingerprint density at radius 2 is 2.00 bits per heavy atom. The van der Waals surface area contributed by atoms with E-state index in [1.54, 1.807) is 0 Å². The van der Waals surface area contributed by atoms with Crippen LogP contribution in [0.1, 0.15) is 50.3 Å². The summed E-state index contributed by atoms with van der Waals surface area (Å²) < 4.78 is 0. The number of nitrogens with zero attached hydrogens (tertiary/aromatic N) is 2. The maximum Gasteiger partial charge on any atom is 0.222 e. The molecule has 1 heterocycles. The Bertz CT molecular complexity index is 425. The summed E-state index contributed by atoms with van der Waals surface area (Å²) in [6.07, 6.45) is 5.70. The molecule has 21 heavy (non-hydrogen) atoms. The number of anilines is 2. The molecule has 0 fully saturated rings. The lowest BCUT2D eigenvalue weighted by Crippen LogP contribution is -2.23. The van der Waals surface area contributed by atoms with Crippen molar-refractivity contribution in [3.8, 4) is 0 Å². The quantitative estimate of drug-likeness (QED) is 0.522. The van der Waals surface area contributed by atoms with Crippen molar-refractivity contribution in [1.82, 2.24) is 9.97 Å². The van der Waals surface area contributed by atoms with Crippen LogP contribution < -0.4 is 16.8 Å². The first kappa shape index (κ1) is 17.7. The lowest BCUT2D eigenvalue weighted by atomic mass is 10.0. The summed E-state index contributed by atoms with van der Waals surface area (Å²) in [5.74, 6) is 1.08. The number of nitrogens with one attached hydrogen (secondary N) is 1. The van der Waals surface area contributed by atoms with E-state index in [9.17, 15) is 5.11 Å². The van der Waals surface area contributed by atoms with Crippen LogP contribution in [0.15, 0.2) is 0 Å². The Hall–Kier alpha value is -1.40. The van der Waals surface area contributed by atoms with Gasteiger partial charge in [-0.15, -0.1) is 0 Å². The maximum atomic E-state index is 9.22. The lowest BCUT2D eigenvalue weighted by molar-refractivity contribution is 0.276. The Labute approximate surface area is 127 Å². The summed E-state index contributed by atoms with van der Waals surface area (Å²) in [6, 6.07) is 0.209. The standard InChI is InChI=1S/C15H29N5O/c1-3-4-6-12(8-10-21)19-14-13(7-5-9-16)11(2)18-15(17)20-14/h12,21H,3-10,16H2,1-2H3,(H3,17,18,19,20). The summed E-state index contributed by atoms with van der Waals surface area (Å²) in [6.45, 7) is 4.91. The minimum Gasteiger partial charge on any atom is -0.396 e. The second kappa shape index (κ2) is 9.52. The van der Waals surface area contributed by atoms with Crippen molar-refractivity contribution in [3.63, 3.8) is 0 Å². The van der Waals surface area contributed by atoms with Crippen LogP contribution >= 0.6 is 0 Å². The van der Waals surface area contributed by atoms with Gasteiger partial charge in [-0.3, -0.25) is 0 Å². The molecule has 1 rings (SSSR count). The van der Waals surface area contributed by atoms with Gasteiger partial charge in [0.1, 0.15) is 5.82 Å². The van der Waals surface area contributed by atoms with E-state index in [-0.39, 0.29) is 18.6 Å². The van der Waals surface area contributed by atoms with Crippen LogP contribution in [-0.2, 0) is 6.42 Å². The average molecular weight is 295 g/mol. The zero-order chi connectivity index (χ0) is 15.7. The fraction of sp³-hybridized carbons (Fsp3) is 0.733. The summed E-state index contributed by atoms with van der Waals surface area (Å²) in [7, 11) is 0. The molecule has 0 spiro atoms. The van der Waals surface area contributed by atoms with Crippen LogP contribution in [0.3, 0.4) is 0 Å². The highest BCUT2D eigenvalue weighted by molar-refractivity contribution is 5.50. The predicted molar refractivity (Wildman–Crippen MR) is 87.2 cm³/mol. The molecule has 120 valence electrons. The lowest BCUT2D eigenvalue weighted by Gasteiger charge is -2.21. The first-order valence-corrected chi connectivity index (χ1v) is 7.82. The van der Waals surface area contributed by atoms with E-state index < -0.39 is 0 Å². The van der Waals surface area contributed by atoms with Crippen molar-refractivity contribution in [2.75, 3.05) is 24.2 Å². The molecule has 6 N–H and O–H groups in total. The number of aromatic nitrogens is 2. The normalized spacial score (nSPS) is 12.4. The molecule has 0 radical (unpaired) electrons. The van der Waals surface area contributed by atoms with Crippen LogP contribution in [0.2, 0.25) is 0 Å². The number of nitrogen functional groups attached to an aromatic ring is 1. The third-order valence-electron chi connectivity index (χ3n) is 3.59. The third kappa shape index (κ3) is 5.85. The Kier molecular flexibility index (Phi) is 8.00. The smallest absolute Gasteiger partial charge is 0.222 e. The molecule has 0 aliphatic carbocycles. The van der Waals surface area contributed by atoms with E-state index in [2.05, 4.69) is 22.2 Å². The fourth-order valence-electron chi connectivity index (χ4n) is 2.40. The van der Waals surface area contributed by atoms with Crippen LogP contribution in [0, 0.1) is 6.92 Å². The van der Waals surface area contributed by atoms with E-state index in [0.717, 1.165) is 49.2 Å². The number of aryl methyl sites for hydroxylation is 1. The van der Waals surface area contributed by atoms with Gasteiger partial charge in [0.05, 0.1) is 0 Å². The van der Waals surface area contributed by atoms with Gasteiger partial charge in [-0.2, -0.15) is 4.98 Å². The van der Waals surface area contributed by atoms with Crippen molar-refractivity contribution in [2.24, 2.45) is 5.73 Å². The molecular weight excluding hydrogens is 266 g/mol. The van der Waals surface area contributed by atoms with Gasteiger partial charge in [-0.1, -0.05) is 19.8 Å². The van der Waals surface area contributed by atoms with Crippen molar-refractivity contribution >= 4 is 11.8 Å². The molecule has 1 atom stereocenters. The SMILES string of the molecule is CCCCC(CCO)Nc1nc(N)nc(C)c1CCCN. The van der Waals surface area contributed by atoms with Crippen LogP contribution in [0.5, 0.6) is 0 Å². The van der Waals surface area contributed by atoms with Crippen molar-refractivity contribution in [2.45, 2.75) is 58.4 Å². The topological polar surface area (TPSA) is 110 Å². The Morgan fingerprint density at radius 3 is 2.62 bits per heavy atom. The monoisotopic (exact) mass is 295 g/mol. The highest BCUT2D eigenvalue weighted by Crippen LogP contribution is 2.21. The van der Waals surface area contributed by atoms with E-state index in [0.29, 0.717) is 13.0 Å².